The summed E-state index contributed by atoms with van der Waals surface area (Å²) in [4.78, 5) is 6.91. The molecule has 0 fully saturated rings. The number of benzene rings is 1. The molecule has 0 saturated heterocycles. The standard InChI is InChI=1S/C11H8Cl2N2OS/c1-16-10-9(14-5-15-11(10)17)6-3-2-4-7(12)8(6)13/h2-5H,1H3,(H,14,15,17). The van der Waals surface area contributed by atoms with Gasteiger partial charge in [0.25, 0.3) is 0 Å². The number of halogens is 2. The third-order valence-corrected chi connectivity index (χ3v) is 3.35. The van der Waals surface area contributed by atoms with Gasteiger partial charge in [-0.2, -0.15) is 0 Å². The predicted molar refractivity (Wildman–Crippen MR) is 71.4 cm³/mol. The molecule has 0 aliphatic carbocycles. The van der Waals surface area contributed by atoms with Crippen molar-refractivity contribution in [3.63, 3.8) is 0 Å². The summed E-state index contributed by atoms with van der Waals surface area (Å²) in [5, 5.41) is 0.923. The minimum absolute atomic E-state index is 0.372. The molecule has 0 amide bonds. The Morgan fingerprint density at radius 2 is 2.12 bits per heavy atom. The quantitative estimate of drug-likeness (QED) is 0.844. The van der Waals surface area contributed by atoms with Crippen LogP contribution in [0, 0.1) is 4.64 Å². The lowest BCUT2D eigenvalue weighted by Crippen LogP contribution is -1.94. The van der Waals surface area contributed by atoms with Crippen molar-refractivity contribution >= 4 is 35.4 Å². The second-order valence-corrected chi connectivity index (χ2v) is 4.39. The smallest absolute Gasteiger partial charge is 0.179 e. The molecule has 1 aromatic carbocycles. The lowest BCUT2D eigenvalue weighted by atomic mass is 10.1. The molecule has 88 valence electrons. The number of rotatable bonds is 2. The van der Waals surface area contributed by atoms with Crippen LogP contribution in [0.25, 0.3) is 11.3 Å². The lowest BCUT2D eigenvalue weighted by Gasteiger charge is -2.10. The maximum Gasteiger partial charge on any atom is 0.179 e. The Balaban J connectivity index is 2.73. The Kier molecular flexibility index (Phi) is 3.66. The van der Waals surface area contributed by atoms with Gasteiger partial charge in [0.05, 0.1) is 29.2 Å². The van der Waals surface area contributed by atoms with Crippen molar-refractivity contribution in [3.8, 4) is 17.0 Å². The van der Waals surface area contributed by atoms with Gasteiger partial charge in [0, 0.05) is 5.56 Å². The number of nitrogens with one attached hydrogen (secondary N) is 1. The fourth-order valence-corrected chi connectivity index (χ4v) is 2.11. The van der Waals surface area contributed by atoms with Crippen LogP contribution in [0.4, 0.5) is 0 Å². The molecular weight excluding hydrogens is 279 g/mol. The normalized spacial score (nSPS) is 10.3. The third-order valence-electron chi connectivity index (χ3n) is 2.24. The Hall–Kier alpha value is -1.10. The summed E-state index contributed by atoms with van der Waals surface area (Å²) in [5.74, 6) is 0.478. The van der Waals surface area contributed by atoms with Crippen LogP contribution in [0.5, 0.6) is 5.75 Å². The van der Waals surface area contributed by atoms with E-state index in [0.717, 1.165) is 5.56 Å². The zero-order valence-electron chi connectivity index (χ0n) is 8.83. The minimum Gasteiger partial charge on any atom is -0.491 e. The maximum absolute atomic E-state index is 6.15. The van der Waals surface area contributed by atoms with E-state index >= 15 is 0 Å². The van der Waals surface area contributed by atoms with E-state index in [9.17, 15) is 0 Å². The van der Waals surface area contributed by atoms with Crippen molar-refractivity contribution in [3.05, 3.63) is 39.2 Å². The zero-order chi connectivity index (χ0) is 12.4. The molecule has 0 bridgehead atoms. The average Bonchev–Trinajstić information content (AvgIpc) is 2.32. The number of hydrogen-bond donors (Lipinski definition) is 1. The van der Waals surface area contributed by atoms with Gasteiger partial charge in [0.1, 0.15) is 0 Å². The number of nitrogens with zero attached hydrogens (tertiary/aromatic N) is 1. The number of aromatic nitrogens is 2. The largest absolute Gasteiger partial charge is 0.491 e. The molecule has 0 atom stereocenters. The number of aromatic amines is 1. The van der Waals surface area contributed by atoms with E-state index in [0.29, 0.717) is 26.1 Å². The van der Waals surface area contributed by atoms with Crippen LogP contribution in [0.15, 0.2) is 24.5 Å². The molecule has 1 heterocycles. The SMILES string of the molecule is COc1c(-c2cccc(Cl)c2Cl)[nH]cnc1=S. The van der Waals surface area contributed by atoms with E-state index in [1.807, 2.05) is 6.07 Å². The third kappa shape index (κ3) is 2.29. The number of methoxy groups -OCH3 is 1. The van der Waals surface area contributed by atoms with E-state index in [1.165, 1.54) is 13.4 Å². The van der Waals surface area contributed by atoms with Gasteiger partial charge < -0.3 is 9.72 Å². The van der Waals surface area contributed by atoms with Crippen LogP contribution in [-0.2, 0) is 0 Å². The van der Waals surface area contributed by atoms with Gasteiger partial charge in [-0.3, -0.25) is 0 Å². The Morgan fingerprint density at radius 1 is 1.35 bits per heavy atom. The summed E-state index contributed by atoms with van der Waals surface area (Å²) in [5.41, 5.74) is 1.39. The molecule has 1 aromatic heterocycles. The van der Waals surface area contributed by atoms with Crippen molar-refractivity contribution in [2.45, 2.75) is 0 Å². The predicted octanol–water partition coefficient (Wildman–Crippen LogP) is 4.12. The first-order chi connectivity index (χ1) is 8.15. The molecule has 1 N–H and O–H groups in total. The molecule has 3 nitrogen and oxygen atoms in total. The summed E-state index contributed by atoms with van der Waals surface area (Å²) >= 11 is 17.2. The first-order valence-electron chi connectivity index (χ1n) is 4.71. The second-order valence-electron chi connectivity index (χ2n) is 3.22. The molecular formula is C11H8Cl2N2OS. The van der Waals surface area contributed by atoms with Gasteiger partial charge in [-0.1, -0.05) is 47.6 Å². The minimum atomic E-state index is 0.372. The molecule has 0 aliphatic rings. The molecule has 0 spiro atoms. The van der Waals surface area contributed by atoms with Crippen LogP contribution >= 0.6 is 35.4 Å². The fraction of sp³-hybridized carbons (Fsp3) is 0.0909. The number of hydrogen-bond acceptors (Lipinski definition) is 3. The Morgan fingerprint density at radius 3 is 2.82 bits per heavy atom. The maximum atomic E-state index is 6.15. The monoisotopic (exact) mass is 286 g/mol. The lowest BCUT2D eigenvalue weighted by molar-refractivity contribution is 0.411. The first kappa shape index (κ1) is 12.4. The highest BCUT2D eigenvalue weighted by Crippen LogP contribution is 2.36. The van der Waals surface area contributed by atoms with Gasteiger partial charge in [-0.05, 0) is 6.07 Å². The molecule has 0 unspecified atom stereocenters. The van der Waals surface area contributed by atoms with Gasteiger partial charge >= 0.3 is 0 Å². The number of ether oxygens (including phenoxy) is 1. The second kappa shape index (κ2) is 5.04. The van der Waals surface area contributed by atoms with Crippen molar-refractivity contribution in [2.24, 2.45) is 0 Å². The highest BCUT2D eigenvalue weighted by Gasteiger charge is 2.13. The molecule has 6 heteroatoms. The van der Waals surface area contributed by atoms with Crippen molar-refractivity contribution in [1.29, 1.82) is 0 Å². The Bertz CT molecular complexity index is 613. The van der Waals surface area contributed by atoms with Crippen molar-refractivity contribution in [2.75, 3.05) is 7.11 Å². The van der Waals surface area contributed by atoms with Gasteiger partial charge in [0.2, 0.25) is 0 Å². The van der Waals surface area contributed by atoms with Crippen LogP contribution < -0.4 is 4.74 Å². The first-order valence-corrected chi connectivity index (χ1v) is 5.87. The molecule has 2 rings (SSSR count). The highest BCUT2D eigenvalue weighted by atomic mass is 35.5. The fourth-order valence-electron chi connectivity index (χ4n) is 1.47. The van der Waals surface area contributed by atoms with Crippen molar-refractivity contribution < 1.29 is 4.74 Å². The highest BCUT2D eigenvalue weighted by molar-refractivity contribution is 7.71. The van der Waals surface area contributed by atoms with Crippen LogP contribution in [0.2, 0.25) is 10.0 Å². The van der Waals surface area contributed by atoms with Crippen LogP contribution in [-0.4, -0.2) is 17.1 Å². The van der Waals surface area contributed by atoms with E-state index < -0.39 is 0 Å². The molecule has 17 heavy (non-hydrogen) atoms. The van der Waals surface area contributed by atoms with Gasteiger partial charge in [-0.15, -0.1) is 0 Å². The summed E-state index contributed by atoms with van der Waals surface area (Å²) in [6.45, 7) is 0. The van der Waals surface area contributed by atoms with E-state index in [-0.39, 0.29) is 0 Å². The molecule has 2 aromatic rings. The topological polar surface area (TPSA) is 37.9 Å². The molecule has 0 radical (unpaired) electrons. The van der Waals surface area contributed by atoms with Crippen LogP contribution in [0.1, 0.15) is 0 Å². The zero-order valence-corrected chi connectivity index (χ0v) is 11.2. The molecule has 0 aliphatic heterocycles. The van der Waals surface area contributed by atoms with E-state index in [4.69, 9.17) is 40.2 Å². The summed E-state index contributed by atoms with van der Waals surface area (Å²) in [6.07, 6.45) is 1.50. The van der Waals surface area contributed by atoms with Gasteiger partial charge in [0.15, 0.2) is 10.4 Å². The van der Waals surface area contributed by atoms with E-state index in [2.05, 4.69) is 9.97 Å². The summed E-state index contributed by atoms with van der Waals surface area (Å²) in [7, 11) is 1.53. The van der Waals surface area contributed by atoms with Gasteiger partial charge in [-0.25, -0.2) is 4.98 Å². The molecule has 0 saturated carbocycles. The van der Waals surface area contributed by atoms with Crippen LogP contribution in [0.3, 0.4) is 0 Å². The summed E-state index contributed by atoms with van der Waals surface area (Å²) in [6, 6.07) is 5.35. The van der Waals surface area contributed by atoms with E-state index in [1.54, 1.807) is 12.1 Å². The average molecular weight is 287 g/mol. The number of H-pyrrole nitrogens is 1. The summed E-state index contributed by atoms with van der Waals surface area (Å²) < 4.78 is 5.60. The Labute approximate surface area is 113 Å². The van der Waals surface area contributed by atoms with Crippen molar-refractivity contribution in [1.82, 2.24) is 9.97 Å².